The summed E-state index contributed by atoms with van der Waals surface area (Å²) in [6.07, 6.45) is 0. The number of pyridine rings is 1. The summed E-state index contributed by atoms with van der Waals surface area (Å²) in [4.78, 5) is 0. The van der Waals surface area contributed by atoms with Crippen LogP contribution < -0.4 is 4.57 Å². The third-order valence-corrected chi connectivity index (χ3v) is 5.96. The molecule has 4 aromatic carbocycles. The highest BCUT2D eigenvalue weighted by Crippen LogP contribution is 2.47. The van der Waals surface area contributed by atoms with Crippen LogP contribution in [0.15, 0.2) is 87.7 Å². The first kappa shape index (κ1) is 15.1. The van der Waals surface area contributed by atoms with Gasteiger partial charge < -0.3 is 8.83 Å². The molecule has 0 N–H and O–H groups in total. The average molecular weight is 374 g/mol. The molecule has 3 nitrogen and oxygen atoms in total. The van der Waals surface area contributed by atoms with Gasteiger partial charge in [-0.2, -0.15) is 4.57 Å². The van der Waals surface area contributed by atoms with Crippen LogP contribution in [-0.2, 0) is 0 Å². The van der Waals surface area contributed by atoms with E-state index >= 15 is 0 Å². The van der Waals surface area contributed by atoms with Crippen molar-refractivity contribution in [3.8, 4) is 16.8 Å². The Labute approximate surface area is 166 Å². The van der Waals surface area contributed by atoms with Gasteiger partial charge in [0.1, 0.15) is 22.3 Å². The maximum Gasteiger partial charge on any atom is 0.223 e. The fourth-order valence-electron chi connectivity index (χ4n) is 4.73. The van der Waals surface area contributed by atoms with E-state index in [1.165, 1.54) is 11.1 Å². The lowest BCUT2D eigenvalue weighted by molar-refractivity contribution is -0.537. The lowest BCUT2D eigenvalue weighted by atomic mass is 9.92. The van der Waals surface area contributed by atoms with Crippen molar-refractivity contribution in [2.75, 3.05) is 0 Å². The van der Waals surface area contributed by atoms with Crippen LogP contribution in [0.1, 0.15) is 5.56 Å². The van der Waals surface area contributed by atoms with Gasteiger partial charge in [-0.15, -0.1) is 0 Å². The molecule has 29 heavy (non-hydrogen) atoms. The maximum atomic E-state index is 6.33. The number of nitrogens with zero attached hydrogens (tertiary/aromatic N) is 1. The van der Waals surface area contributed by atoms with Gasteiger partial charge in [-0.1, -0.05) is 35.9 Å². The summed E-state index contributed by atoms with van der Waals surface area (Å²) < 4.78 is 15.0. The van der Waals surface area contributed by atoms with E-state index in [-0.39, 0.29) is 0 Å². The Kier molecular flexibility index (Phi) is 2.68. The molecule has 0 unspecified atom stereocenters. The molecule has 0 spiro atoms. The van der Waals surface area contributed by atoms with E-state index in [0.29, 0.717) is 0 Å². The van der Waals surface area contributed by atoms with Crippen LogP contribution in [0.3, 0.4) is 0 Å². The lowest BCUT2D eigenvalue weighted by Gasteiger charge is -2.18. The van der Waals surface area contributed by atoms with E-state index in [4.69, 9.17) is 8.83 Å². The van der Waals surface area contributed by atoms with Gasteiger partial charge >= 0.3 is 0 Å². The van der Waals surface area contributed by atoms with Crippen molar-refractivity contribution in [3.63, 3.8) is 0 Å². The Bertz CT molecular complexity index is 1550. The fraction of sp³-hybridized carbons (Fsp3) is 0.0385. The van der Waals surface area contributed by atoms with E-state index in [2.05, 4.69) is 72.2 Å². The molecule has 0 radical (unpaired) electrons. The highest BCUT2D eigenvalue weighted by Gasteiger charge is 2.31. The second-order valence-electron chi connectivity index (χ2n) is 7.68. The fourth-order valence-corrected chi connectivity index (χ4v) is 4.73. The third-order valence-electron chi connectivity index (χ3n) is 5.96. The van der Waals surface area contributed by atoms with Crippen LogP contribution in [0.2, 0.25) is 0 Å². The largest absolute Gasteiger partial charge is 0.456 e. The van der Waals surface area contributed by atoms with E-state index in [1.807, 2.05) is 18.2 Å². The monoisotopic (exact) mass is 374 g/mol. The van der Waals surface area contributed by atoms with Crippen molar-refractivity contribution in [2.45, 2.75) is 6.92 Å². The normalized spacial score (nSPS) is 12.3. The molecule has 0 fully saturated rings. The number of aromatic nitrogens is 1. The summed E-state index contributed by atoms with van der Waals surface area (Å²) in [5.74, 6) is 0. The highest BCUT2D eigenvalue weighted by molar-refractivity contribution is 6.22. The minimum Gasteiger partial charge on any atom is -0.456 e. The van der Waals surface area contributed by atoms with Crippen LogP contribution >= 0.6 is 0 Å². The number of benzene rings is 4. The van der Waals surface area contributed by atoms with Crippen molar-refractivity contribution in [3.05, 3.63) is 84.4 Å². The molecule has 0 saturated heterocycles. The summed E-state index contributed by atoms with van der Waals surface area (Å²) in [6, 6.07) is 27.3. The summed E-state index contributed by atoms with van der Waals surface area (Å²) in [6.45, 7) is 2.11. The molecule has 0 atom stereocenters. The molecule has 3 heteroatoms. The summed E-state index contributed by atoms with van der Waals surface area (Å²) >= 11 is 0. The summed E-state index contributed by atoms with van der Waals surface area (Å²) in [7, 11) is 0. The average Bonchev–Trinajstić information content (AvgIpc) is 2.75. The third kappa shape index (κ3) is 1.84. The predicted octanol–water partition coefficient (Wildman–Crippen LogP) is 6.61. The first-order valence-electron chi connectivity index (χ1n) is 9.79. The van der Waals surface area contributed by atoms with Crippen LogP contribution in [0.4, 0.5) is 0 Å². The Balaban J connectivity index is 1.85. The molecule has 2 aliphatic rings. The minimum atomic E-state index is 0.853. The van der Waals surface area contributed by atoms with Gasteiger partial charge in [0, 0.05) is 29.8 Å². The highest BCUT2D eigenvalue weighted by atomic mass is 16.3. The molecular formula is C26H16NO2+. The quantitative estimate of drug-likeness (QED) is 0.184. The first-order chi connectivity index (χ1) is 14.3. The van der Waals surface area contributed by atoms with E-state index in [9.17, 15) is 0 Å². The van der Waals surface area contributed by atoms with Crippen LogP contribution in [0.5, 0.6) is 0 Å². The molecule has 0 bridgehead atoms. The standard InChI is InChI=1S/C26H16NO2/c1-15-11-13-16(14-12-15)27-17-5-2-7-19-23(17)26-24-18(27)6-3-8-20(24)29-22-10-4-9-21(28-19)25(22)26/h2-14H,1H3/q+1. The van der Waals surface area contributed by atoms with E-state index < -0.39 is 0 Å². The van der Waals surface area contributed by atoms with Gasteiger partial charge in [-0.05, 0) is 31.2 Å². The number of aryl methyl sites for hydroxylation is 1. The van der Waals surface area contributed by atoms with E-state index in [1.54, 1.807) is 0 Å². The van der Waals surface area contributed by atoms with E-state index in [0.717, 1.165) is 55.4 Å². The Morgan fingerprint density at radius 2 is 1.07 bits per heavy atom. The molecular weight excluding hydrogens is 358 g/mol. The van der Waals surface area contributed by atoms with Crippen molar-refractivity contribution >= 4 is 44.1 Å². The topological polar surface area (TPSA) is 30.2 Å². The molecule has 2 aliphatic heterocycles. The Morgan fingerprint density at radius 1 is 0.552 bits per heavy atom. The Morgan fingerprint density at radius 3 is 1.66 bits per heavy atom. The van der Waals surface area contributed by atoms with Gasteiger partial charge in [0.15, 0.2) is 0 Å². The van der Waals surface area contributed by atoms with Crippen molar-refractivity contribution in [1.29, 1.82) is 0 Å². The summed E-state index contributed by atoms with van der Waals surface area (Å²) in [5.41, 5.74) is 10.4. The van der Waals surface area contributed by atoms with Gasteiger partial charge in [-0.25, -0.2) is 0 Å². The van der Waals surface area contributed by atoms with Crippen LogP contribution in [0.25, 0.3) is 61.0 Å². The molecule has 136 valence electrons. The molecule has 0 aliphatic carbocycles. The smallest absolute Gasteiger partial charge is 0.223 e. The van der Waals surface area contributed by atoms with Crippen LogP contribution in [-0.4, -0.2) is 0 Å². The van der Waals surface area contributed by atoms with Gasteiger partial charge in [0.05, 0.1) is 16.3 Å². The number of hydrogen-bond donors (Lipinski definition) is 0. The first-order valence-corrected chi connectivity index (χ1v) is 9.79. The molecule has 7 rings (SSSR count). The Hall–Kier alpha value is -3.85. The number of rotatable bonds is 1. The zero-order valence-corrected chi connectivity index (χ0v) is 15.8. The summed E-state index contributed by atoms with van der Waals surface area (Å²) in [5, 5.41) is 2.27. The predicted molar refractivity (Wildman–Crippen MR) is 115 cm³/mol. The van der Waals surface area contributed by atoms with Crippen LogP contribution in [0, 0.1) is 6.92 Å². The minimum absolute atomic E-state index is 0.853. The lowest BCUT2D eigenvalue weighted by Crippen LogP contribution is -2.33. The number of hydrogen-bond acceptors (Lipinski definition) is 2. The van der Waals surface area contributed by atoms with Gasteiger partial charge in [-0.3, -0.25) is 0 Å². The molecule has 3 heterocycles. The van der Waals surface area contributed by atoms with Gasteiger partial charge in [0.2, 0.25) is 16.7 Å². The molecule has 0 amide bonds. The zero-order chi connectivity index (χ0) is 19.1. The van der Waals surface area contributed by atoms with Crippen molar-refractivity contribution in [1.82, 2.24) is 0 Å². The molecule has 1 aromatic heterocycles. The second kappa shape index (κ2) is 5.15. The van der Waals surface area contributed by atoms with Crippen molar-refractivity contribution < 1.29 is 13.4 Å². The molecule has 5 aromatic rings. The van der Waals surface area contributed by atoms with Gasteiger partial charge in [0.25, 0.3) is 0 Å². The van der Waals surface area contributed by atoms with Crippen molar-refractivity contribution in [2.24, 2.45) is 0 Å². The maximum absolute atomic E-state index is 6.33. The second-order valence-corrected chi connectivity index (χ2v) is 7.68. The molecule has 0 saturated carbocycles. The zero-order valence-electron chi connectivity index (χ0n) is 15.8. The SMILES string of the molecule is Cc1ccc(-[n+]2c3cccc4oc5cccc6oc7cccc2c7c(c43)-c56)cc1.